The fourth-order valence-corrected chi connectivity index (χ4v) is 1.33. The van der Waals surface area contributed by atoms with Gasteiger partial charge in [0.25, 0.3) is 5.91 Å². The fraction of sp³-hybridized carbons (Fsp3) is 0.154. The topological polar surface area (TPSA) is 122 Å². The lowest BCUT2D eigenvalue weighted by Crippen LogP contribution is -2.39. The van der Waals surface area contributed by atoms with Gasteiger partial charge in [0, 0.05) is 0 Å². The van der Waals surface area contributed by atoms with Crippen molar-refractivity contribution < 1.29 is 19.5 Å². The lowest BCUT2D eigenvalue weighted by molar-refractivity contribution is -0.137. The molecule has 0 aromatic heterocycles. The average molecular weight is 277 g/mol. The number of rotatable bonds is 6. The highest BCUT2D eigenvalue weighted by atomic mass is 16.4. The molecule has 1 aromatic rings. The lowest BCUT2D eigenvalue weighted by Gasteiger charge is -2.09. The van der Waals surface area contributed by atoms with E-state index in [2.05, 4.69) is 10.6 Å². The number of amides is 2. The van der Waals surface area contributed by atoms with Gasteiger partial charge in [-0.3, -0.25) is 14.4 Å². The van der Waals surface area contributed by atoms with Crippen molar-refractivity contribution in [1.29, 1.82) is 0 Å². The normalized spacial score (nSPS) is 10.8. The molecular formula is C13H15N3O4. The first-order valence-electron chi connectivity index (χ1n) is 5.79. The van der Waals surface area contributed by atoms with E-state index in [0.717, 1.165) is 0 Å². The molecule has 7 heteroatoms. The Hall–Kier alpha value is -2.67. The molecular weight excluding hydrogens is 262 g/mol. The van der Waals surface area contributed by atoms with E-state index >= 15 is 0 Å². The summed E-state index contributed by atoms with van der Waals surface area (Å²) in [6.07, 6.45) is 1.44. The highest BCUT2D eigenvalue weighted by molar-refractivity contribution is 6.02. The zero-order chi connectivity index (χ0) is 15.0. The molecule has 7 nitrogen and oxygen atoms in total. The van der Waals surface area contributed by atoms with Crippen molar-refractivity contribution >= 4 is 23.9 Å². The van der Waals surface area contributed by atoms with Gasteiger partial charge < -0.3 is 21.5 Å². The number of carboxylic acid groups (broad SMARTS) is 1. The van der Waals surface area contributed by atoms with Gasteiger partial charge in [-0.1, -0.05) is 30.3 Å². The first kappa shape index (κ1) is 15.4. The van der Waals surface area contributed by atoms with Gasteiger partial charge in [-0.05, 0) is 11.6 Å². The second-order valence-corrected chi connectivity index (χ2v) is 3.80. The van der Waals surface area contributed by atoms with Gasteiger partial charge in [0.1, 0.15) is 12.2 Å². The second-order valence-electron chi connectivity index (χ2n) is 3.80. The van der Waals surface area contributed by atoms with E-state index in [4.69, 9.17) is 10.8 Å². The van der Waals surface area contributed by atoms with Gasteiger partial charge in [0.2, 0.25) is 5.91 Å². The minimum Gasteiger partial charge on any atom is -0.480 e. The highest BCUT2D eigenvalue weighted by Gasteiger charge is 2.13. The van der Waals surface area contributed by atoms with E-state index < -0.39 is 24.3 Å². The Morgan fingerprint density at radius 3 is 2.40 bits per heavy atom. The van der Waals surface area contributed by atoms with E-state index in [1.165, 1.54) is 6.08 Å². The Balaban J connectivity index is 2.90. The first-order valence-corrected chi connectivity index (χ1v) is 5.79. The molecule has 0 saturated carbocycles. The van der Waals surface area contributed by atoms with E-state index in [1.54, 1.807) is 30.3 Å². The Labute approximate surface area is 115 Å². The molecule has 0 aliphatic rings. The van der Waals surface area contributed by atoms with Crippen LogP contribution in [0.15, 0.2) is 36.0 Å². The van der Waals surface area contributed by atoms with Gasteiger partial charge in [-0.2, -0.15) is 0 Å². The molecule has 0 aliphatic carbocycles. The zero-order valence-corrected chi connectivity index (χ0v) is 10.6. The smallest absolute Gasteiger partial charge is 0.322 e. The van der Waals surface area contributed by atoms with Crippen molar-refractivity contribution in [1.82, 2.24) is 10.6 Å². The predicted octanol–water partition coefficient (Wildman–Crippen LogP) is -0.697. The maximum absolute atomic E-state index is 11.8. The molecule has 2 amide bonds. The third-order valence-electron chi connectivity index (χ3n) is 2.21. The quantitative estimate of drug-likeness (QED) is 0.512. The summed E-state index contributed by atoms with van der Waals surface area (Å²) in [5.74, 6) is -2.42. The number of hydrogen-bond acceptors (Lipinski definition) is 4. The van der Waals surface area contributed by atoms with Gasteiger partial charge in [-0.15, -0.1) is 0 Å². The summed E-state index contributed by atoms with van der Waals surface area (Å²) in [5, 5.41) is 13.0. The maximum Gasteiger partial charge on any atom is 0.322 e. The van der Waals surface area contributed by atoms with Crippen LogP contribution in [0.4, 0.5) is 0 Å². The molecule has 0 atom stereocenters. The zero-order valence-electron chi connectivity index (χ0n) is 10.6. The van der Waals surface area contributed by atoms with E-state index in [0.29, 0.717) is 5.56 Å². The number of nitrogens with two attached hydrogens (primary N) is 1. The molecule has 0 unspecified atom stereocenters. The van der Waals surface area contributed by atoms with Crippen LogP contribution in [0.3, 0.4) is 0 Å². The number of aliphatic carboxylic acids is 1. The Kier molecular flexibility index (Phi) is 5.92. The molecule has 1 rings (SSSR count). The molecule has 0 bridgehead atoms. The van der Waals surface area contributed by atoms with Gasteiger partial charge >= 0.3 is 5.97 Å². The Morgan fingerprint density at radius 2 is 1.85 bits per heavy atom. The SMILES string of the molecule is NCC(=O)N/C(=C/c1ccccc1)C(=O)NCC(=O)O. The van der Waals surface area contributed by atoms with Gasteiger partial charge in [-0.25, -0.2) is 0 Å². The van der Waals surface area contributed by atoms with Crippen LogP contribution in [0.2, 0.25) is 0 Å². The van der Waals surface area contributed by atoms with Crippen molar-refractivity contribution in [2.45, 2.75) is 0 Å². The monoisotopic (exact) mass is 277 g/mol. The minimum absolute atomic E-state index is 0.0621. The molecule has 0 fully saturated rings. The molecule has 0 spiro atoms. The number of carbonyl (C=O) groups excluding carboxylic acids is 2. The van der Waals surface area contributed by atoms with Crippen LogP contribution in [0.5, 0.6) is 0 Å². The Bertz CT molecular complexity index is 526. The standard InChI is InChI=1S/C13H15N3O4/c14-7-11(17)16-10(13(20)15-8-12(18)19)6-9-4-2-1-3-5-9/h1-6H,7-8,14H2,(H,15,20)(H,16,17)(H,18,19)/b10-6+. The highest BCUT2D eigenvalue weighted by Crippen LogP contribution is 2.04. The first-order chi connectivity index (χ1) is 9.52. The van der Waals surface area contributed by atoms with Crippen molar-refractivity contribution in [3.05, 3.63) is 41.6 Å². The van der Waals surface area contributed by atoms with Crippen LogP contribution >= 0.6 is 0 Å². The second kappa shape index (κ2) is 7.70. The molecule has 0 saturated heterocycles. The van der Waals surface area contributed by atoms with Crippen LogP contribution in [-0.4, -0.2) is 36.0 Å². The minimum atomic E-state index is -1.18. The van der Waals surface area contributed by atoms with E-state index in [-0.39, 0.29) is 12.2 Å². The number of carbonyl (C=O) groups is 3. The molecule has 20 heavy (non-hydrogen) atoms. The van der Waals surface area contributed by atoms with Crippen LogP contribution in [0.1, 0.15) is 5.56 Å². The van der Waals surface area contributed by atoms with Crippen molar-refractivity contribution in [3.8, 4) is 0 Å². The van der Waals surface area contributed by atoms with Crippen molar-refractivity contribution in [3.63, 3.8) is 0 Å². The van der Waals surface area contributed by atoms with Crippen LogP contribution in [0.25, 0.3) is 6.08 Å². The summed E-state index contributed by atoms with van der Waals surface area (Å²) >= 11 is 0. The largest absolute Gasteiger partial charge is 0.480 e. The van der Waals surface area contributed by atoms with Crippen molar-refractivity contribution in [2.24, 2.45) is 5.73 Å². The predicted molar refractivity (Wildman–Crippen MR) is 72.3 cm³/mol. The summed E-state index contributed by atoms with van der Waals surface area (Å²) in [4.78, 5) is 33.5. The molecule has 0 heterocycles. The van der Waals surface area contributed by atoms with Crippen LogP contribution in [-0.2, 0) is 14.4 Å². The Morgan fingerprint density at radius 1 is 1.20 bits per heavy atom. The molecule has 1 aromatic carbocycles. The number of hydrogen-bond donors (Lipinski definition) is 4. The molecule has 5 N–H and O–H groups in total. The number of carboxylic acids is 1. The van der Waals surface area contributed by atoms with Crippen molar-refractivity contribution in [2.75, 3.05) is 13.1 Å². The van der Waals surface area contributed by atoms with E-state index in [1.807, 2.05) is 0 Å². The maximum atomic E-state index is 11.8. The number of benzene rings is 1. The average Bonchev–Trinajstić information content (AvgIpc) is 2.44. The summed E-state index contributed by atoms with van der Waals surface area (Å²) < 4.78 is 0. The molecule has 0 radical (unpaired) electrons. The van der Waals surface area contributed by atoms with Crippen LogP contribution in [0, 0.1) is 0 Å². The van der Waals surface area contributed by atoms with Crippen LogP contribution < -0.4 is 16.4 Å². The van der Waals surface area contributed by atoms with E-state index in [9.17, 15) is 14.4 Å². The number of nitrogens with one attached hydrogen (secondary N) is 2. The third-order valence-corrected chi connectivity index (χ3v) is 2.21. The third kappa shape index (κ3) is 5.32. The summed E-state index contributed by atoms with van der Waals surface area (Å²) in [6, 6.07) is 8.81. The van der Waals surface area contributed by atoms with Gasteiger partial charge in [0.15, 0.2) is 0 Å². The lowest BCUT2D eigenvalue weighted by atomic mass is 10.2. The molecule has 0 aliphatic heterocycles. The summed E-state index contributed by atoms with van der Waals surface area (Å²) in [7, 11) is 0. The summed E-state index contributed by atoms with van der Waals surface area (Å²) in [5.41, 5.74) is 5.79. The molecule has 106 valence electrons. The fourth-order valence-electron chi connectivity index (χ4n) is 1.33. The summed E-state index contributed by atoms with van der Waals surface area (Å²) in [6.45, 7) is -0.818. The van der Waals surface area contributed by atoms with Gasteiger partial charge in [0.05, 0.1) is 6.54 Å².